The van der Waals surface area contributed by atoms with E-state index in [2.05, 4.69) is 9.97 Å². The van der Waals surface area contributed by atoms with Gasteiger partial charge in [0.05, 0.1) is 18.2 Å². The molecule has 3 rings (SSSR count). The van der Waals surface area contributed by atoms with E-state index in [9.17, 15) is 9.59 Å². The van der Waals surface area contributed by atoms with Crippen LogP contribution in [0.4, 0.5) is 0 Å². The number of carbonyl (C=O) groups excluding carboxylic acids is 2. The zero-order valence-corrected chi connectivity index (χ0v) is 14.1. The van der Waals surface area contributed by atoms with Crippen molar-refractivity contribution >= 4 is 11.8 Å². The van der Waals surface area contributed by atoms with E-state index >= 15 is 0 Å². The number of methoxy groups -OCH3 is 1. The predicted molar refractivity (Wildman–Crippen MR) is 87.3 cm³/mol. The first-order valence-corrected chi connectivity index (χ1v) is 8.50. The molecule has 2 saturated heterocycles. The fourth-order valence-corrected chi connectivity index (χ4v) is 3.74. The first-order valence-electron chi connectivity index (χ1n) is 8.50. The Morgan fingerprint density at radius 2 is 2.08 bits per heavy atom. The lowest BCUT2D eigenvalue weighted by Gasteiger charge is -2.26. The average Bonchev–Trinajstić information content (AvgIpc) is 2.79. The molecule has 2 aliphatic heterocycles. The molecule has 1 unspecified atom stereocenters. The minimum atomic E-state index is -0.300. The number of likely N-dealkylation sites (tertiary alicyclic amines) is 2. The van der Waals surface area contributed by atoms with E-state index < -0.39 is 0 Å². The highest BCUT2D eigenvalue weighted by Gasteiger charge is 2.47. The maximum absolute atomic E-state index is 12.8. The summed E-state index contributed by atoms with van der Waals surface area (Å²) in [5.41, 5.74) is 0.0680. The van der Waals surface area contributed by atoms with Gasteiger partial charge in [0.2, 0.25) is 5.91 Å². The summed E-state index contributed by atoms with van der Waals surface area (Å²) in [6.07, 6.45) is 7.87. The van der Waals surface area contributed by atoms with Crippen LogP contribution in [0.2, 0.25) is 0 Å². The Labute approximate surface area is 142 Å². The smallest absolute Gasteiger partial charge is 0.274 e. The van der Waals surface area contributed by atoms with Gasteiger partial charge in [0, 0.05) is 45.7 Å². The molecule has 130 valence electrons. The first kappa shape index (κ1) is 16.8. The maximum atomic E-state index is 12.8. The Morgan fingerprint density at radius 3 is 2.83 bits per heavy atom. The van der Waals surface area contributed by atoms with Crippen molar-refractivity contribution in [2.45, 2.75) is 25.7 Å². The van der Waals surface area contributed by atoms with Gasteiger partial charge in [-0.3, -0.25) is 14.6 Å². The highest BCUT2D eigenvalue weighted by atomic mass is 16.5. The number of ether oxygens (including phenoxy) is 1. The fourth-order valence-electron chi connectivity index (χ4n) is 3.74. The van der Waals surface area contributed by atoms with E-state index in [0.717, 1.165) is 32.2 Å². The van der Waals surface area contributed by atoms with Crippen molar-refractivity contribution in [3.63, 3.8) is 0 Å². The van der Waals surface area contributed by atoms with E-state index in [1.165, 1.54) is 12.4 Å². The highest BCUT2D eigenvalue weighted by Crippen LogP contribution is 2.41. The van der Waals surface area contributed by atoms with Gasteiger partial charge in [0.1, 0.15) is 5.69 Å². The molecule has 7 heteroatoms. The molecule has 1 aromatic heterocycles. The van der Waals surface area contributed by atoms with Crippen LogP contribution in [0.5, 0.6) is 0 Å². The van der Waals surface area contributed by atoms with Crippen molar-refractivity contribution in [3.05, 3.63) is 24.3 Å². The van der Waals surface area contributed by atoms with Gasteiger partial charge in [0.25, 0.3) is 5.91 Å². The third-order valence-electron chi connectivity index (χ3n) is 5.18. The number of rotatable bonds is 4. The molecule has 2 fully saturated rings. The van der Waals surface area contributed by atoms with E-state index in [1.54, 1.807) is 13.3 Å². The number of aromatic nitrogens is 2. The molecule has 1 atom stereocenters. The summed E-state index contributed by atoms with van der Waals surface area (Å²) >= 11 is 0. The van der Waals surface area contributed by atoms with Crippen molar-refractivity contribution < 1.29 is 14.3 Å². The number of hydrogen-bond donors (Lipinski definition) is 0. The van der Waals surface area contributed by atoms with Crippen LogP contribution in [0.15, 0.2) is 18.6 Å². The Kier molecular flexibility index (Phi) is 5.08. The predicted octanol–water partition coefficient (Wildman–Crippen LogP) is 0.968. The maximum Gasteiger partial charge on any atom is 0.274 e. The van der Waals surface area contributed by atoms with Gasteiger partial charge in [-0.05, 0) is 25.7 Å². The molecule has 0 aliphatic carbocycles. The molecule has 0 saturated carbocycles. The lowest BCUT2D eigenvalue weighted by atomic mass is 9.79. The molecular weight excluding hydrogens is 308 g/mol. The Bertz CT molecular complexity index is 595. The van der Waals surface area contributed by atoms with Crippen LogP contribution in [-0.2, 0) is 9.53 Å². The monoisotopic (exact) mass is 332 g/mol. The van der Waals surface area contributed by atoms with Crippen molar-refractivity contribution in [1.29, 1.82) is 0 Å². The number of nitrogens with zero attached hydrogens (tertiary/aromatic N) is 4. The topological polar surface area (TPSA) is 75.6 Å². The van der Waals surface area contributed by atoms with E-state index in [4.69, 9.17) is 4.74 Å². The van der Waals surface area contributed by atoms with Gasteiger partial charge in [-0.1, -0.05) is 0 Å². The summed E-state index contributed by atoms with van der Waals surface area (Å²) in [6.45, 7) is 3.28. The molecule has 0 aromatic carbocycles. The standard InChI is InChI=1S/C17H24N4O3/c1-24-12-11-21-10-5-17(16(21)23)3-2-8-20(9-4-17)15(22)14-13-18-6-7-19-14/h6-7,13H,2-5,8-12H2,1H3. The zero-order chi connectivity index (χ0) is 17.0. The Morgan fingerprint density at radius 1 is 1.25 bits per heavy atom. The molecule has 0 bridgehead atoms. The van der Waals surface area contributed by atoms with Crippen molar-refractivity contribution in [1.82, 2.24) is 19.8 Å². The minimum absolute atomic E-state index is 0.0955. The largest absolute Gasteiger partial charge is 0.383 e. The summed E-state index contributed by atoms with van der Waals surface area (Å²) in [5.74, 6) is 0.134. The van der Waals surface area contributed by atoms with Crippen LogP contribution in [0.1, 0.15) is 36.2 Å². The van der Waals surface area contributed by atoms with Crippen LogP contribution in [0.3, 0.4) is 0 Å². The second-order valence-electron chi connectivity index (χ2n) is 6.55. The van der Waals surface area contributed by atoms with Gasteiger partial charge >= 0.3 is 0 Å². The SMILES string of the molecule is COCCN1CCC2(CCCN(C(=O)c3cnccn3)CC2)C1=O. The van der Waals surface area contributed by atoms with Gasteiger partial charge in [-0.2, -0.15) is 0 Å². The summed E-state index contributed by atoms with van der Waals surface area (Å²) in [4.78, 5) is 37.2. The van der Waals surface area contributed by atoms with E-state index in [1.807, 2.05) is 9.80 Å². The zero-order valence-electron chi connectivity index (χ0n) is 14.1. The van der Waals surface area contributed by atoms with Gasteiger partial charge in [-0.15, -0.1) is 0 Å². The minimum Gasteiger partial charge on any atom is -0.383 e. The summed E-state index contributed by atoms with van der Waals surface area (Å²) in [6, 6.07) is 0. The Balaban J connectivity index is 1.65. The lowest BCUT2D eigenvalue weighted by Crippen LogP contribution is -2.38. The molecule has 2 amide bonds. The van der Waals surface area contributed by atoms with Crippen LogP contribution in [0.25, 0.3) is 0 Å². The third-order valence-corrected chi connectivity index (χ3v) is 5.18. The summed E-state index contributed by atoms with van der Waals surface area (Å²) < 4.78 is 5.09. The highest BCUT2D eigenvalue weighted by molar-refractivity contribution is 5.92. The number of hydrogen-bond acceptors (Lipinski definition) is 5. The fraction of sp³-hybridized carbons (Fsp3) is 0.647. The molecule has 0 N–H and O–H groups in total. The summed E-state index contributed by atoms with van der Waals surface area (Å²) in [7, 11) is 1.65. The quantitative estimate of drug-likeness (QED) is 0.821. The van der Waals surface area contributed by atoms with E-state index in [0.29, 0.717) is 31.9 Å². The molecular formula is C17H24N4O3. The molecule has 7 nitrogen and oxygen atoms in total. The molecule has 2 aliphatic rings. The molecule has 1 spiro atoms. The first-order chi connectivity index (χ1) is 11.7. The molecule has 3 heterocycles. The molecule has 24 heavy (non-hydrogen) atoms. The lowest BCUT2D eigenvalue weighted by molar-refractivity contribution is -0.137. The van der Waals surface area contributed by atoms with Gasteiger partial charge < -0.3 is 14.5 Å². The normalized spacial score (nSPS) is 24.5. The van der Waals surface area contributed by atoms with Crippen LogP contribution in [-0.4, -0.2) is 71.5 Å². The molecule has 0 radical (unpaired) electrons. The molecule has 1 aromatic rings. The third kappa shape index (κ3) is 3.26. The number of amides is 2. The second-order valence-corrected chi connectivity index (χ2v) is 6.55. The van der Waals surface area contributed by atoms with E-state index in [-0.39, 0.29) is 17.2 Å². The van der Waals surface area contributed by atoms with Gasteiger partial charge in [-0.25, -0.2) is 4.98 Å². The second kappa shape index (κ2) is 7.25. The Hall–Kier alpha value is -2.02. The average molecular weight is 332 g/mol. The van der Waals surface area contributed by atoms with Crippen molar-refractivity contribution in [3.8, 4) is 0 Å². The van der Waals surface area contributed by atoms with Crippen LogP contribution >= 0.6 is 0 Å². The van der Waals surface area contributed by atoms with Crippen LogP contribution in [0, 0.1) is 5.41 Å². The summed E-state index contributed by atoms with van der Waals surface area (Å²) in [5, 5.41) is 0. The van der Waals surface area contributed by atoms with Crippen molar-refractivity contribution in [2.75, 3.05) is 39.9 Å². The van der Waals surface area contributed by atoms with Crippen LogP contribution < -0.4 is 0 Å². The van der Waals surface area contributed by atoms with Gasteiger partial charge in [0.15, 0.2) is 0 Å². The number of carbonyl (C=O) groups is 2. The van der Waals surface area contributed by atoms with Crippen molar-refractivity contribution in [2.24, 2.45) is 5.41 Å².